The van der Waals surface area contributed by atoms with Gasteiger partial charge < -0.3 is 4.74 Å². The molecule has 2 aliphatic carbocycles. The Labute approximate surface area is 149 Å². The predicted octanol–water partition coefficient (Wildman–Crippen LogP) is 5.79. The summed E-state index contributed by atoms with van der Waals surface area (Å²) in [5, 5.41) is 9.17. The average Bonchev–Trinajstić information content (AvgIpc) is 3.03. The first-order valence-corrected chi connectivity index (χ1v) is 9.28. The molecule has 2 fully saturated rings. The highest BCUT2D eigenvalue weighted by molar-refractivity contribution is 5.97. The largest absolute Gasteiger partial charge is 0.476 e. The minimum atomic E-state index is -0.791. The number of halogens is 2. The van der Waals surface area contributed by atoms with Crippen molar-refractivity contribution in [3.8, 4) is 6.07 Å². The summed E-state index contributed by atoms with van der Waals surface area (Å²) in [4.78, 5) is 4.23. The highest BCUT2D eigenvalue weighted by Gasteiger charge is 2.47. The fourth-order valence-electron chi connectivity index (χ4n) is 4.21. The number of alkyl halides is 1. The first-order chi connectivity index (χ1) is 12.0. The molecule has 138 valence electrons. The van der Waals surface area contributed by atoms with Gasteiger partial charge >= 0.3 is 0 Å². The summed E-state index contributed by atoms with van der Waals surface area (Å²) in [7, 11) is 0. The van der Waals surface area contributed by atoms with Crippen molar-refractivity contribution >= 4 is 5.90 Å². The average molecular weight is 350 g/mol. The van der Waals surface area contributed by atoms with E-state index in [4.69, 9.17) is 4.74 Å². The molecular weight excluding hydrogens is 322 g/mol. The van der Waals surface area contributed by atoms with Crippen molar-refractivity contribution in [2.45, 2.75) is 71.4 Å². The molecular formula is C20H28F2N2O. The van der Waals surface area contributed by atoms with Crippen molar-refractivity contribution in [1.82, 2.24) is 0 Å². The summed E-state index contributed by atoms with van der Waals surface area (Å²) in [6.07, 6.45) is 5.00. The number of hydrogen-bond donors (Lipinski definition) is 0. The van der Waals surface area contributed by atoms with Crippen molar-refractivity contribution in [2.75, 3.05) is 6.61 Å². The lowest BCUT2D eigenvalue weighted by atomic mass is 9.68. The molecule has 0 saturated heterocycles. The molecule has 5 heteroatoms. The van der Waals surface area contributed by atoms with Crippen LogP contribution in [0.5, 0.6) is 0 Å². The third kappa shape index (κ3) is 4.48. The van der Waals surface area contributed by atoms with Gasteiger partial charge in [-0.3, -0.25) is 0 Å². The first-order valence-electron chi connectivity index (χ1n) is 9.28. The summed E-state index contributed by atoms with van der Waals surface area (Å²) in [5.41, 5.74) is 0.169. The zero-order valence-corrected chi connectivity index (χ0v) is 15.3. The molecule has 0 heterocycles. The van der Waals surface area contributed by atoms with Crippen LogP contribution in [0.3, 0.4) is 0 Å². The van der Waals surface area contributed by atoms with E-state index in [-0.39, 0.29) is 34.8 Å². The molecule has 2 unspecified atom stereocenters. The van der Waals surface area contributed by atoms with Crippen molar-refractivity contribution in [2.24, 2.45) is 16.3 Å². The Hall–Kier alpha value is -1.70. The molecule has 3 nitrogen and oxygen atoms in total. The standard InChI is InChI=1S/C20H28F2N2O/c1-4-17(22)18(5-2)24-19(14(3)12-23)25-13-20-10-6-7-15(20)8-9-16(21)11-20/h15-16H,3-11,13H2,1-2H3/b18-17-,24-19?/t15?,16?,20-/m0/s1. The Bertz CT molecular complexity index is 605. The minimum Gasteiger partial charge on any atom is -0.476 e. The molecule has 0 aromatic heterocycles. The predicted molar refractivity (Wildman–Crippen MR) is 95.4 cm³/mol. The number of nitrogens with zero attached hydrogens (tertiary/aromatic N) is 2. The first kappa shape index (κ1) is 19.6. The van der Waals surface area contributed by atoms with Gasteiger partial charge in [-0.05, 0) is 50.9 Å². The molecule has 2 aliphatic rings. The van der Waals surface area contributed by atoms with E-state index in [9.17, 15) is 14.0 Å². The van der Waals surface area contributed by atoms with Crippen molar-refractivity contribution in [3.63, 3.8) is 0 Å². The number of fused-ring (bicyclic) bond motifs is 1. The van der Waals surface area contributed by atoms with Gasteiger partial charge in [0.1, 0.15) is 23.6 Å². The van der Waals surface area contributed by atoms with Crippen LogP contribution < -0.4 is 0 Å². The maximum Gasteiger partial charge on any atom is 0.231 e. The summed E-state index contributed by atoms with van der Waals surface area (Å²) in [6.45, 7) is 7.51. The molecule has 2 saturated carbocycles. The number of nitriles is 1. The molecule has 0 amide bonds. The molecule has 2 rings (SSSR count). The van der Waals surface area contributed by atoms with Crippen LogP contribution in [0.1, 0.15) is 65.2 Å². The van der Waals surface area contributed by atoms with Crippen LogP contribution in [0.25, 0.3) is 0 Å². The lowest BCUT2D eigenvalue weighted by Gasteiger charge is -2.40. The quantitative estimate of drug-likeness (QED) is 0.346. The van der Waals surface area contributed by atoms with Crippen LogP contribution in [0.2, 0.25) is 0 Å². The van der Waals surface area contributed by atoms with Gasteiger partial charge in [-0.1, -0.05) is 26.8 Å². The fraction of sp³-hybridized carbons (Fsp3) is 0.700. The molecule has 0 aliphatic heterocycles. The lowest BCUT2D eigenvalue weighted by molar-refractivity contribution is 0.0166. The summed E-state index contributed by atoms with van der Waals surface area (Å²) >= 11 is 0. The highest BCUT2D eigenvalue weighted by Crippen LogP contribution is 2.53. The lowest BCUT2D eigenvalue weighted by Crippen LogP contribution is -2.38. The second-order valence-corrected chi connectivity index (χ2v) is 7.18. The third-order valence-corrected chi connectivity index (χ3v) is 5.63. The molecule has 0 aromatic carbocycles. The number of aliphatic imine (C=N–C) groups is 1. The monoisotopic (exact) mass is 350 g/mol. The Kier molecular flexibility index (Phi) is 6.75. The van der Waals surface area contributed by atoms with E-state index in [1.54, 1.807) is 13.8 Å². The topological polar surface area (TPSA) is 45.4 Å². The number of hydrogen-bond acceptors (Lipinski definition) is 3. The zero-order valence-electron chi connectivity index (χ0n) is 15.3. The smallest absolute Gasteiger partial charge is 0.231 e. The summed E-state index contributed by atoms with van der Waals surface area (Å²) in [6, 6.07) is 1.94. The van der Waals surface area contributed by atoms with Gasteiger partial charge in [0.25, 0.3) is 0 Å². The Morgan fingerprint density at radius 2 is 2.08 bits per heavy atom. The van der Waals surface area contributed by atoms with Gasteiger partial charge in [0.05, 0.1) is 12.3 Å². The normalized spacial score (nSPS) is 30.3. The highest BCUT2D eigenvalue weighted by atomic mass is 19.1. The second-order valence-electron chi connectivity index (χ2n) is 7.18. The number of rotatable bonds is 6. The maximum absolute atomic E-state index is 14.0. The van der Waals surface area contributed by atoms with Crippen molar-refractivity contribution in [3.05, 3.63) is 23.7 Å². The Morgan fingerprint density at radius 1 is 1.32 bits per heavy atom. The van der Waals surface area contributed by atoms with E-state index in [0.29, 0.717) is 31.8 Å². The van der Waals surface area contributed by atoms with Crippen LogP contribution >= 0.6 is 0 Å². The molecule has 0 spiro atoms. The van der Waals surface area contributed by atoms with Crippen molar-refractivity contribution in [1.29, 1.82) is 5.26 Å². The molecule has 0 aromatic rings. The number of ether oxygens (including phenoxy) is 1. The SMILES string of the molecule is C=C(C#N)C(=N/C(CC)=C(\F)CC)OC[C@@]12CCCC1CCC(F)C2. The summed E-state index contributed by atoms with van der Waals surface area (Å²) in [5.74, 6) is 0.223. The molecule has 25 heavy (non-hydrogen) atoms. The van der Waals surface area contributed by atoms with Gasteiger partial charge in [-0.25, -0.2) is 13.8 Å². The van der Waals surface area contributed by atoms with E-state index in [1.807, 2.05) is 6.07 Å². The molecule has 0 N–H and O–H groups in total. The third-order valence-electron chi connectivity index (χ3n) is 5.63. The molecule has 0 radical (unpaired) electrons. The van der Waals surface area contributed by atoms with Crippen molar-refractivity contribution < 1.29 is 13.5 Å². The maximum atomic E-state index is 14.0. The Morgan fingerprint density at radius 3 is 2.72 bits per heavy atom. The minimum absolute atomic E-state index is 0.0731. The van der Waals surface area contributed by atoms with Crippen LogP contribution in [-0.4, -0.2) is 18.7 Å². The van der Waals surface area contributed by atoms with E-state index < -0.39 is 6.17 Å². The fourth-order valence-corrected chi connectivity index (χ4v) is 4.21. The summed E-state index contributed by atoms with van der Waals surface area (Å²) < 4.78 is 33.8. The molecule has 0 bridgehead atoms. The molecule has 3 atom stereocenters. The van der Waals surface area contributed by atoms with E-state index in [1.165, 1.54) is 0 Å². The van der Waals surface area contributed by atoms with Crippen LogP contribution in [0.4, 0.5) is 8.78 Å². The van der Waals surface area contributed by atoms with Crippen LogP contribution in [-0.2, 0) is 4.74 Å². The number of allylic oxidation sites excluding steroid dienone is 2. The van der Waals surface area contributed by atoms with E-state index in [0.717, 1.165) is 25.7 Å². The van der Waals surface area contributed by atoms with Gasteiger partial charge in [-0.15, -0.1) is 0 Å². The van der Waals surface area contributed by atoms with Gasteiger partial charge in [-0.2, -0.15) is 5.26 Å². The van der Waals surface area contributed by atoms with Crippen LogP contribution in [0.15, 0.2) is 28.7 Å². The zero-order chi connectivity index (χ0) is 18.4. The van der Waals surface area contributed by atoms with Gasteiger partial charge in [0.15, 0.2) is 0 Å². The van der Waals surface area contributed by atoms with Crippen LogP contribution in [0, 0.1) is 22.7 Å². The Balaban J connectivity index is 2.21. The van der Waals surface area contributed by atoms with E-state index >= 15 is 0 Å². The van der Waals surface area contributed by atoms with Gasteiger partial charge in [0.2, 0.25) is 5.90 Å². The second kappa shape index (κ2) is 8.60. The van der Waals surface area contributed by atoms with E-state index in [2.05, 4.69) is 11.6 Å². The van der Waals surface area contributed by atoms with Gasteiger partial charge in [0, 0.05) is 5.41 Å².